The summed E-state index contributed by atoms with van der Waals surface area (Å²) in [5.74, 6) is 1.26. The van der Waals surface area contributed by atoms with Gasteiger partial charge in [-0.1, -0.05) is 23.7 Å². The molecule has 0 unspecified atom stereocenters. The zero-order valence-corrected chi connectivity index (χ0v) is 16.2. The number of hydrogen-bond acceptors (Lipinski definition) is 5. The van der Waals surface area contributed by atoms with E-state index in [2.05, 4.69) is 4.99 Å². The molecule has 140 valence electrons. The first-order valence-corrected chi connectivity index (χ1v) is 8.86. The highest BCUT2D eigenvalue weighted by Crippen LogP contribution is 2.31. The molecule has 0 fully saturated rings. The Morgan fingerprint density at radius 2 is 1.89 bits per heavy atom. The van der Waals surface area contributed by atoms with E-state index in [1.807, 2.05) is 43.3 Å². The fourth-order valence-electron chi connectivity index (χ4n) is 2.84. The topological polar surface area (TPSA) is 57.1 Å². The van der Waals surface area contributed by atoms with Crippen molar-refractivity contribution < 1.29 is 19.0 Å². The molecule has 0 aromatic heterocycles. The number of cyclic esters (lactones) is 1. The van der Waals surface area contributed by atoms with Crippen LogP contribution in [0.3, 0.4) is 0 Å². The first-order valence-electron chi connectivity index (χ1n) is 8.48. The van der Waals surface area contributed by atoms with Crippen LogP contribution in [0.2, 0.25) is 5.02 Å². The van der Waals surface area contributed by atoms with Crippen molar-refractivity contribution in [2.45, 2.75) is 19.8 Å². The van der Waals surface area contributed by atoms with Crippen molar-refractivity contribution in [3.05, 3.63) is 63.8 Å². The minimum Gasteiger partial charge on any atom is -0.496 e. The van der Waals surface area contributed by atoms with Crippen LogP contribution in [-0.2, 0) is 16.0 Å². The van der Waals surface area contributed by atoms with Gasteiger partial charge in [-0.2, -0.15) is 0 Å². The summed E-state index contributed by atoms with van der Waals surface area (Å²) in [4.78, 5) is 16.5. The van der Waals surface area contributed by atoms with Gasteiger partial charge in [0.15, 0.2) is 11.6 Å². The molecule has 1 heterocycles. The van der Waals surface area contributed by atoms with Gasteiger partial charge >= 0.3 is 5.97 Å². The summed E-state index contributed by atoms with van der Waals surface area (Å²) in [6.07, 6.45) is 2.84. The van der Waals surface area contributed by atoms with E-state index in [-0.39, 0.29) is 5.70 Å². The molecule has 0 N–H and O–H groups in total. The van der Waals surface area contributed by atoms with E-state index in [0.29, 0.717) is 40.8 Å². The maximum Gasteiger partial charge on any atom is 0.363 e. The van der Waals surface area contributed by atoms with Gasteiger partial charge < -0.3 is 14.2 Å². The largest absolute Gasteiger partial charge is 0.496 e. The van der Waals surface area contributed by atoms with Crippen LogP contribution in [0.25, 0.3) is 6.08 Å². The molecular formula is C21H20ClNO4. The predicted octanol–water partition coefficient (Wildman–Crippen LogP) is 4.59. The third-order valence-electron chi connectivity index (χ3n) is 4.22. The predicted molar refractivity (Wildman–Crippen MR) is 106 cm³/mol. The van der Waals surface area contributed by atoms with Gasteiger partial charge in [0.25, 0.3) is 0 Å². The van der Waals surface area contributed by atoms with Crippen molar-refractivity contribution in [3.63, 3.8) is 0 Å². The lowest BCUT2D eigenvalue weighted by Gasteiger charge is -2.10. The zero-order chi connectivity index (χ0) is 19.4. The monoisotopic (exact) mass is 385 g/mol. The van der Waals surface area contributed by atoms with Crippen molar-refractivity contribution in [1.29, 1.82) is 0 Å². The van der Waals surface area contributed by atoms with Gasteiger partial charge in [0.2, 0.25) is 0 Å². The Hall–Kier alpha value is -2.79. The molecule has 2 aromatic rings. The highest BCUT2D eigenvalue weighted by atomic mass is 35.5. The number of carbonyl (C=O) groups excluding carboxylic acids is 1. The van der Waals surface area contributed by atoms with E-state index in [4.69, 9.17) is 25.8 Å². The molecule has 0 bridgehead atoms. The van der Waals surface area contributed by atoms with Crippen LogP contribution in [0.1, 0.15) is 23.1 Å². The van der Waals surface area contributed by atoms with E-state index in [1.54, 1.807) is 20.3 Å². The number of aliphatic imine (C=N–C) groups is 1. The molecule has 0 saturated carbocycles. The van der Waals surface area contributed by atoms with Crippen molar-refractivity contribution in [2.24, 2.45) is 4.99 Å². The molecule has 27 heavy (non-hydrogen) atoms. The molecule has 0 amide bonds. The molecule has 1 aliphatic heterocycles. The van der Waals surface area contributed by atoms with Gasteiger partial charge in [0, 0.05) is 17.0 Å². The number of aryl methyl sites for hydroxylation is 2. The highest BCUT2D eigenvalue weighted by Gasteiger charge is 2.23. The number of rotatable bonds is 6. The van der Waals surface area contributed by atoms with Crippen LogP contribution in [-0.4, -0.2) is 26.1 Å². The van der Waals surface area contributed by atoms with Crippen LogP contribution < -0.4 is 9.47 Å². The Kier molecular flexibility index (Phi) is 5.81. The third-order valence-corrected chi connectivity index (χ3v) is 4.46. The number of methoxy groups -OCH3 is 2. The summed E-state index contributed by atoms with van der Waals surface area (Å²) in [6.45, 7) is 1.92. The summed E-state index contributed by atoms with van der Waals surface area (Å²) in [6, 6.07) is 11.2. The van der Waals surface area contributed by atoms with Gasteiger partial charge in [-0.15, -0.1) is 0 Å². The highest BCUT2D eigenvalue weighted by molar-refractivity contribution is 6.30. The maximum atomic E-state index is 12.2. The second kappa shape index (κ2) is 8.27. The molecule has 0 atom stereocenters. The fraction of sp³-hybridized carbons (Fsp3) is 0.238. The quantitative estimate of drug-likeness (QED) is 0.539. The second-order valence-corrected chi connectivity index (χ2v) is 6.55. The van der Waals surface area contributed by atoms with E-state index in [0.717, 1.165) is 11.1 Å². The maximum absolute atomic E-state index is 12.2. The number of nitrogens with zero attached hydrogens (tertiary/aromatic N) is 1. The Balaban J connectivity index is 1.81. The van der Waals surface area contributed by atoms with Crippen LogP contribution in [0.5, 0.6) is 11.5 Å². The first-order chi connectivity index (χ1) is 13.0. The molecule has 2 aromatic carbocycles. The Labute approximate surface area is 163 Å². The summed E-state index contributed by atoms with van der Waals surface area (Å²) >= 11 is 5.99. The number of benzene rings is 2. The van der Waals surface area contributed by atoms with Gasteiger partial charge in [0.1, 0.15) is 11.5 Å². The summed E-state index contributed by atoms with van der Waals surface area (Å²) in [5, 5.41) is 0.679. The molecule has 1 aliphatic rings. The molecule has 0 aliphatic carbocycles. The normalized spacial score (nSPS) is 14.9. The zero-order valence-electron chi connectivity index (χ0n) is 15.4. The molecule has 5 nitrogen and oxygen atoms in total. The third kappa shape index (κ3) is 4.49. The molecule has 0 saturated heterocycles. The van der Waals surface area contributed by atoms with Crippen LogP contribution in [0.15, 0.2) is 47.1 Å². The second-order valence-electron chi connectivity index (χ2n) is 6.12. The molecule has 6 heteroatoms. The van der Waals surface area contributed by atoms with Crippen molar-refractivity contribution in [3.8, 4) is 11.5 Å². The Bertz CT molecular complexity index is 934. The number of carbonyl (C=O) groups is 1. The van der Waals surface area contributed by atoms with E-state index in [1.165, 1.54) is 0 Å². The first kappa shape index (κ1) is 19.0. The smallest absolute Gasteiger partial charge is 0.363 e. The van der Waals surface area contributed by atoms with Gasteiger partial charge in [0.05, 0.1) is 14.2 Å². The van der Waals surface area contributed by atoms with E-state index >= 15 is 0 Å². The molecule has 0 spiro atoms. The Morgan fingerprint density at radius 1 is 1.11 bits per heavy atom. The average molecular weight is 386 g/mol. The van der Waals surface area contributed by atoms with E-state index < -0.39 is 5.97 Å². The van der Waals surface area contributed by atoms with Crippen molar-refractivity contribution in [1.82, 2.24) is 0 Å². The van der Waals surface area contributed by atoms with Crippen LogP contribution in [0.4, 0.5) is 0 Å². The van der Waals surface area contributed by atoms with Crippen LogP contribution >= 0.6 is 11.6 Å². The van der Waals surface area contributed by atoms with Crippen molar-refractivity contribution >= 4 is 29.5 Å². The number of ether oxygens (including phenoxy) is 3. The minimum atomic E-state index is -0.474. The van der Waals surface area contributed by atoms with Gasteiger partial charge in [-0.05, 0) is 54.8 Å². The lowest BCUT2D eigenvalue weighted by atomic mass is 10.1. The lowest BCUT2D eigenvalue weighted by Crippen LogP contribution is -2.05. The number of halogens is 1. The van der Waals surface area contributed by atoms with E-state index in [9.17, 15) is 4.79 Å². The number of esters is 1. The number of hydrogen-bond donors (Lipinski definition) is 0. The molecular weight excluding hydrogens is 366 g/mol. The summed E-state index contributed by atoms with van der Waals surface area (Å²) < 4.78 is 16.0. The fourth-order valence-corrected chi connectivity index (χ4v) is 3.05. The van der Waals surface area contributed by atoms with Crippen LogP contribution in [0, 0.1) is 6.92 Å². The van der Waals surface area contributed by atoms with Gasteiger partial charge in [-0.25, -0.2) is 9.79 Å². The molecule has 3 rings (SSSR count). The SMILES string of the molecule is COc1cc(/C=C2/N=C(CCc3cccc(Cl)c3)OC2=O)c(OC)cc1C. The molecule has 0 radical (unpaired) electrons. The standard InChI is InChI=1S/C21H20ClNO4/c1-13-9-19(26-3)15(12-18(13)25-2)11-17-21(24)27-20(23-17)8-7-14-5-4-6-16(22)10-14/h4-6,9-12H,7-8H2,1-3H3/b17-11+. The average Bonchev–Trinajstić information content (AvgIpc) is 3.00. The lowest BCUT2D eigenvalue weighted by molar-refractivity contribution is -0.130. The van der Waals surface area contributed by atoms with Gasteiger partial charge in [-0.3, -0.25) is 0 Å². The summed E-state index contributed by atoms with van der Waals surface area (Å²) in [7, 11) is 3.18. The van der Waals surface area contributed by atoms with Crippen molar-refractivity contribution in [2.75, 3.05) is 14.2 Å². The Morgan fingerprint density at radius 3 is 2.59 bits per heavy atom. The summed E-state index contributed by atoms with van der Waals surface area (Å²) in [5.41, 5.74) is 2.94. The minimum absolute atomic E-state index is 0.236.